The number of nitrogens with one attached hydrogen (secondary N) is 1. The van der Waals surface area contributed by atoms with Gasteiger partial charge in [-0.1, -0.05) is 29.8 Å². The molecule has 5 nitrogen and oxygen atoms in total. The molecule has 0 radical (unpaired) electrons. The van der Waals surface area contributed by atoms with Gasteiger partial charge in [-0.15, -0.1) is 0 Å². The van der Waals surface area contributed by atoms with E-state index in [0.717, 1.165) is 31.6 Å². The summed E-state index contributed by atoms with van der Waals surface area (Å²) < 4.78 is 32.8. The molecule has 2 aromatic rings. The summed E-state index contributed by atoms with van der Waals surface area (Å²) in [5.41, 5.74) is 2.22. The van der Waals surface area contributed by atoms with Crippen molar-refractivity contribution in [2.75, 3.05) is 29.8 Å². The van der Waals surface area contributed by atoms with Crippen LogP contribution < -0.4 is 9.62 Å². The number of anilines is 2. The molecule has 0 amide bonds. The van der Waals surface area contributed by atoms with Gasteiger partial charge in [0.15, 0.2) is 0 Å². The van der Waals surface area contributed by atoms with Gasteiger partial charge in [0.05, 0.1) is 11.9 Å². The average molecular weight is 395 g/mol. The van der Waals surface area contributed by atoms with Crippen LogP contribution in [0.5, 0.6) is 0 Å². The molecule has 0 atom stereocenters. The predicted molar refractivity (Wildman–Crippen MR) is 106 cm³/mol. The summed E-state index contributed by atoms with van der Waals surface area (Å²) in [6, 6.07) is 14.4. The zero-order valence-electron chi connectivity index (χ0n) is 14.7. The van der Waals surface area contributed by atoms with Gasteiger partial charge in [-0.25, -0.2) is 8.42 Å². The highest BCUT2D eigenvalue weighted by Gasteiger charge is 2.19. The number of piperidine rings is 1. The lowest BCUT2D eigenvalue weighted by Gasteiger charge is -2.33. The number of hydrogen-bond acceptors (Lipinski definition) is 4. The highest BCUT2D eigenvalue weighted by molar-refractivity contribution is 7.91. The van der Waals surface area contributed by atoms with Crippen molar-refractivity contribution in [3.8, 4) is 0 Å². The predicted octanol–water partition coefficient (Wildman–Crippen LogP) is 3.90. The number of rotatable bonds is 6. The number of benzene rings is 2. The molecule has 1 saturated heterocycles. The number of halogens is 1. The van der Waals surface area contributed by atoms with Crippen molar-refractivity contribution in [3.63, 3.8) is 0 Å². The third-order valence-electron chi connectivity index (χ3n) is 4.58. The second kappa shape index (κ2) is 8.29. The molecule has 26 heavy (non-hydrogen) atoms. The third-order valence-corrected chi connectivity index (χ3v) is 6.19. The fourth-order valence-corrected chi connectivity index (χ4v) is 4.64. The minimum atomic E-state index is -3.52. The summed E-state index contributed by atoms with van der Waals surface area (Å²) in [6.07, 6.45) is 2.34. The van der Waals surface area contributed by atoms with E-state index in [2.05, 4.69) is 9.62 Å². The molecule has 0 saturated carbocycles. The molecule has 0 aromatic heterocycles. The summed E-state index contributed by atoms with van der Waals surface area (Å²) >= 11 is 6.05. The summed E-state index contributed by atoms with van der Waals surface area (Å²) in [5, 5.41) is 0.452. The molecular formula is C19H23ClN2O3S. The van der Waals surface area contributed by atoms with Crippen molar-refractivity contribution < 1.29 is 13.2 Å². The van der Waals surface area contributed by atoms with E-state index in [1.54, 1.807) is 43.5 Å². The van der Waals surface area contributed by atoms with E-state index in [0.29, 0.717) is 22.4 Å². The standard InChI is InChI=1S/C19H23ClN2O3S/c1-25-18-10-12-22(13-11-18)17-8-6-16(7-9-17)21-26(23,24)14-15-4-2-3-5-19(15)20/h2-9,18,21H,10-14H2,1H3. The fraction of sp³-hybridized carbons (Fsp3) is 0.368. The molecule has 1 N–H and O–H groups in total. The average Bonchev–Trinajstić information content (AvgIpc) is 2.64. The van der Waals surface area contributed by atoms with Gasteiger partial charge < -0.3 is 9.64 Å². The van der Waals surface area contributed by atoms with Crippen molar-refractivity contribution in [2.24, 2.45) is 0 Å². The summed E-state index contributed by atoms with van der Waals surface area (Å²) in [7, 11) is -1.77. The largest absolute Gasteiger partial charge is 0.381 e. The molecule has 0 aliphatic carbocycles. The van der Waals surface area contributed by atoms with Gasteiger partial charge in [0.2, 0.25) is 10.0 Å². The smallest absolute Gasteiger partial charge is 0.236 e. The van der Waals surface area contributed by atoms with Crippen LogP contribution in [0.4, 0.5) is 11.4 Å². The fourth-order valence-electron chi connectivity index (χ4n) is 3.13. The van der Waals surface area contributed by atoms with Gasteiger partial charge >= 0.3 is 0 Å². The van der Waals surface area contributed by atoms with Crippen LogP contribution in [0.15, 0.2) is 48.5 Å². The second-order valence-electron chi connectivity index (χ2n) is 6.42. The van der Waals surface area contributed by atoms with Gasteiger partial charge in [-0.3, -0.25) is 4.72 Å². The Hall–Kier alpha value is -1.76. The maximum absolute atomic E-state index is 12.4. The van der Waals surface area contributed by atoms with Gasteiger partial charge in [0.25, 0.3) is 0 Å². The van der Waals surface area contributed by atoms with E-state index >= 15 is 0 Å². The number of methoxy groups -OCH3 is 1. The van der Waals surface area contributed by atoms with E-state index in [-0.39, 0.29) is 5.75 Å². The van der Waals surface area contributed by atoms with Crippen LogP contribution in [0, 0.1) is 0 Å². The highest BCUT2D eigenvalue weighted by atomic mass is 35.5. The van der Waals surface area contributed by atoms with Crippen molar-refractivity contribution in [3.05, 3.63) is 59.1 Å². The normalized spacial score (nSPS) is 15.8. The molecule has 1 aliphatic rings. The summed E-state index contributed by atoms with van der Waals surface area (Å²) in [6.45, 7) is 1.88. The van der Waals surface area contributed by atoms with Gasteiger partial charge in [0, 0.05) is 36.6 Å². The first-order chi connectivity index (χ1) is 12.5. The molecule has 1 fully saturated rings. The van der Waals surface area contributed by atoms with Crippen molar-refractivity contribution in [1.29, 1.82) is 0 Å². The molecule has 2 aromatic carbocycles. The first-order valence-electron chi connectivity index (χ1n) is 8.58. The van der Waals surface area contributed by atoms with Crippen LogP contribution in [0.25, 0.3) is 0 Å². The SMILES string of the molecule is COC1CCN(c2ccc(NS(=O)(=O)Cc3ccccc3Cl)cc2)CC1. The lowest BCUT2D eigenvalue weighted by atomic mass is 10.1. The molecular weight excluding hydrogens is 372 g/mol. The number of sulfonamides is 1. The van der Waals surface area contributed by atoms with Crippen LogP contribution in [-0.2, 0) is 20.5 Å². The van der Waals surface area contributed by atoms with Crippen molar-refractivity contribution >= 4 is 33.0 Å². The molecule has 0 bridgehead atoms. The van der Waals surface area contributed by atoms with E-state index in [4.69, 9.17) is 16.3 Å². The number of ether oxygens (including phenoxy) is 1. The third kappa shape index (κ3) is 4.90. The number of nitrogens with zero attached hydrogens (tertiary/aromatic N) is 1. The van der Waals surface area contributed by atoms with Crippen molar-refractivity contribution in [1.82, 2.24) is 0 Å². The van der Waals surface area contributed by atoms with Crippen LogP contribution in [0.3, 0.4) is 0 Å². The Labute approximate surface area is 160 Å². The maximum atomic E-state index is 12.4. The van der Waals surface area contributed by atoms with E-state index in [9.17, 15) is 8.42 Å². The van der Waals surface area contributed by atoms with Gasteiger partial charge in [-0.05, 0) is 48.7 Å². The first kappa shape index (κ1) is 19.0. The first-order valence-corrected chi connectivity index (χ1v) is 10.6. The lowest BCUT2D eigenvalue weighted by Crippen LogP contribution is -2.36. The summed E-state index contributed by atoms with van der Waals surface area (Å²) in [5.74, 6) is -0.154. The molecule has 0 spiro atoms. The molecule has 1 aliphatic heterocycles. The van der Waals surface area contributed by atoms with Crippen LogP contribution in [0.2, 0.25) is 5.02 Å². The van der Waals surface area contributed by atoms with E-state index in [1.807, 2.05) is 12.1 Å². The topological polar surface area (TPSA) is 58.6 Å². The minimum absolute atomic E-state index is 0.154. The summed E-state index contributed by atoms with van der Waals surface area (Å²) in [4.78, 5) is 2.29. The Morgan fingerprint density at radius 2 is 1.77 bits per heavy atom. The minimum Gasteiger partial charge on any atom is -0.381 e. The zero-order valence-corrected chi connectivity index (χ0v) is 16.3. The van der Waals surface area contributed by atoms with E-state index < -0.39 is 10.0 Å². The monoisotopic (exact) mass is 394 g/mol. The van der Waals surface area contributed by atoms with Crippen LogP contribution in [-0.4, -0.2) is 34.7 Å². The Morgan fingerprint density at radius 3 is 2.38 bits per heavy atom. The Balaban J connectivity index is 1.63. The molecule has 140 valence electrons. The van der Waals surface area contributed by atoms with Crippen molar-refractivity contribution in [2.45, 2.75) is 24.7 Å². The van der Waals surface area contributed by atoms with E-state index in [1.165, 1.54) is 0 Å². The molecule has 0 unspecified atom stereocenters. The quantitative estimate of drug-likeness (QED) is 0.807. The Kier molecular flexibility index (Phi) is 6.06. The van der Waals surface area contributed by atoms with Gasteiger partial charge in [-0.2, -0.15) is 0 Å². The highest BCUT2D eigenvalue weighted by Crippen LogP contribution is 2.24. The Morgan fingerprint density at radius 1 is 1.12 bits per heavy atom. The molecule has 3 rings (SSSR count). The lowest BCUT2D eigenvalue weighted by molar-refractivity contribution is 0.0819. The van der Waals surface area contributed by atoms with Gasteiger partial charge in [0.1, 0.15) is 0 Å². The second-order valence-corrected chi connectivity index (χ2v) is 8.55. The number of hydrogen-bond donors (Lipinski definition) is 1. The maximum Gasteiger partial charge on any atom is 0.236 e. The zero-order chi connectivity index (χ0) is 18.6. The van der Waals surface area contributed by atoms with Crippen LogP contribution in [0.1, 0.15) is 18.4 Å². The molecule has 1 heterocycles. The molecule has 7 heteroatoms. The Bertz CT molecular complexity index is 832. The van der Waals surface area contributed by atoms with Crippen LogP contribution >= 0.6 is 11.6 Å².